The Morgan fingerprint density at radius 3 is 2.86 bits per heavy atom. The molecule has 0 saturated heterocycles. The minimum absolute atomic E-state index is 0.0362. The van der Waals surface area contributed by atoms with Crippen molar-refractivity contribution in [1.82, 2.24) is 9.97 Å². The number of phenols is 1. The molecule has 0 radical (unpaired) electrons. The summed E-state index contributed by atoms with van der Waals surface area (Å²) in [5.41, 5.74) is 0.143. The zero-order valence-corrected chi connectivity index (χ0v) is 14.2. The van der Waals surface area contributed by atoms with Crippen LogP contribution in [-0.4, -0.2) is 27.9 Å². The van der Waals surface area contributed by atoms with Gasteiger partial charge < -0.3 is 14.8 Å². The molecule has 0 aliphatic carbocycles. The number of rotatable bonds is 4. The molecule has 1 heterocycles. The largest absolute Gasteiger partial charge is 0.504 e. The van der Waals surface area contributed by atoms with Crippen LogP contribution >= 0.6 is 27.7 Å². The van der Waals surface area contributed by atoms with Gasteiger partial charge in [-0.25, -0.2) is 4.98 Å². The van der Waals surface area contributed by atoms with Crippen molar-refractivity contribution >= 4 is 27.7 Å². The Labute approximate surface area is 139 Å². The number of aromatic nitrogens is 2. The van der Waals surface area contributed by atoms with Gasteiger partial charge >= 0.3 is 0 Å². The molecule has 0 aliphatic rings. The monoisotopic (exact) mass is 381 g/mol. The Bertz CT molecular complexity index is 814. The Balaban J connectivity index is 2.76. The van der Waals surface area contributed by atoms with Crippen molar-refractivity contribution in [2.75, 3.05) is 12.9 Å². The third-order valence-electron chi connectivity index (χ3n) is 2.81. The predicted molar refractivity (Wildman–Crippen MR) is 87.3 cm³/mol. The number of benzene rings is 1. The summed E-state index contributed by atoms with van der Waals surface area (Å²) in [6, 6.07) is 4.87. The molecule has 2 N–H and O–H groups in total. The van der Waals surface area contributed by atoms with Crippen molar-refractivity contribution in [2.24, 2.45) is 0 Å². The summed E-state index contributed by atoms with van der Waals surface area (Å²) in [7, 11) is 0. The number of nitriles is 1. The zero-order chi connectivity index (χ0) is 16.3. The van der Waals surface area contributed by atoms with Crippen molar-refractivity contribution < 1.29 is 9.84 Å². The number of hydrogen-bond donors (Lipinski definition) is 2. The molecule has 0 aliphatic heterocycles. The standard InChI is InChI=1S/C14H12BrN3O3S/c1-3-21-11-4-7(9(15)5-10(11)19)12-8(6-16)13(20)18-14(17-12)22-2/h4-5,19H,3H2,1-2H3,(H,17,18,20). The van der Waals surface area contributed by atoms with Crippen LogP contribution in [0.4, 0.5) is 0 Å². The van der Waals surface area contributed by atoms with E-state index in [1.54, 1.807) is 19.2 Å². The molecule has 2 aromatic rings. The summed E-state index contributed by atoms with van der Waals surface area (Å²) in [5, 5.41) is 19.5. The van der Waals surface area contributed by atoms with E-state index in [1.165, 1.54) is 17.8 Å². The minimum Gasteiger partial charge on any atom is -0.504 e. The first-order valence-electron chi connectivity index (χ1n) is 6.25. The van der Waals surface area contributed by atoms with Crippen LogP contribution in [0.5, 0.6) is 11.5 Å². The summed E-state index contributed by atoms with van der Waals surface area (Å²) in [6.45, 7) is 2.16. The Hall–Kier alpha value is -1.98. The lowest BCUT2D eigenvalue weighted by molar-refractivity contribution is 0.318. The van der Waals surface area contributed by atoms with Crippen LogP contribution in [0.1, 0.15) is 12.5 Å². The third kappa shape index (κ3) is 3.10. The number of thioether (sulfide) groups is 1. The molecule has 1 aromatic carbocycles. The van der Waals surface area contributed by atoms with Gasteiger partial charge in [0, 0.05) is 10.0 Å². The van der Waals surface area contributed by atoms with Crippen LogP contribution in [0.2, 0.25) is 0 Å². The quantitative estimate of drug-likeness (QED) is 0.623. The van der Waals surface area contributed by atoms with Gasteiger partial charge in [-0.05, 0) is 41.2 Å². The van der Waals surface area contributed by atoms with Gasteiger partial charge in [-0.3, -0.25) is 4.79 Å². The lowest BCUT2D eigenvalue weighted by Crippen LogP contribution is -2.14. The number of hydrogen-bond acceptors (Lipinski definition) is 6. The second kappa shape index (κ2) is 6.85. The molecular weight excluding hydrogens is 370 g/mol. The molecule has 2 rings (SSSR count). The summed E-state index contributed by atoms with van der Waals surface area (Å²) in [4.78, 5) is 18.8. The summed E-state index contributed by atoms with van der Waals surface area (Å²) >= 11 is 4.58. The van der Waals surface area contributed by atoms with E-state index in [-0.39, 0.29) is 22.8 Å². The van der Waals surface area contributed by atoms with Crippen molar-refractivity contribution in [3.63, 3.8) is 0 Å². The molecule has 8 heteroatoms. The number of aromatic hydroxyl groups is 1. The first-order valence-corrected chi connectivity index (χ1v) is 8.27. The van der Waals surface area contributed by atoms with E-state index in [4.69, 9.17) is 4.74 Å². The highest BCUT2D eigenvalue weighted by Crippen LogP contribution is 2.38. The normalized spacial score (nSPS) is 10.3. The van der Waals surface area contributed by atoms with E-state index in [1.807, 2.05) is 6.07 Å². The number of nitrogens with one attached hydrogen (secondary N) is 1. The average molecular weight is 382 g/mol. The molecule has 22 heavy (non-hydrogen) atoms. The van der Waals surface area contributed by atoms with Gasteiger partial charge in [0.25, 0.3) is 5.56 Å². The van der Waals surface area contributed by atoms with Gasteiger partial charge in [0.05, 0.1) is 12.3 Å². The highest BCUT2D eigenvalue weighted by atomic mass is 79.9. The molecule has 0 amide bonds. The van der Waals surface area contributed by atoms with Gasteiger partial charge in [-0.2, -0.15) is 5.26 Å². The Kier molecular flexibility index (Phi) is 5.11. The van der Waals surface area contributed by atoms with Crippen LogP contribution in [0.3, 0.4) is 0 Å². The van der Waals surface area contributed by atoms with Crippen molar-refractivity contribution in [2.45, 2.75) is 12.1 Å². The number of halogens is 1. The number of nitrogens with zero attached hydrogens (tertiary/aromatic N) is 2. The van der Waals surface area contributed by atoms with Crippen molar-refractivity contribution in [3.8, 4) is 28.8 Å². The second-order valence-corrected chi connectivity index (χ2v) is 5.79. The fourth-order valence-electron chi connectivity index (χ4n) is 1.84. The van der Waals surface area contributed by atoms with Crippen LogP contribution < -0.4 is 10.3 Å². The SMILES string of the molecule is CCOc1cc(-c2nc(SC)[nH]c(=O)c2C#N)c(Br)cc1O. The summed E-state index contributed by atoms with van der Waals surface area (Å²) in [5.74, 6) is 0.225. The van der Waals surface area contributed by atoms with E-state index >= 15 is 0 Å². The molecule has 0 fully saturated rings. The first kappa shape index (κ1) is 16.4. The average Bonchev–Trinajstić information content (AvgIpc) is 2.49. The lowest BCUT2D eigenvalue weighted by atomic mass is 10.1. The van der Waals surface area contributed by atoms with Crippen LogP contribution in [0.25, 0.3) is 11.3 Å². The Morgan fingerprint density at radius 2 is 2.27 bits per heavy atom. The number of phenolic OH excluding ortho intramolecular Hbond substituents is 1. The van der Waals surface area contributed by atoms with E-state index in [0.29, 0.717) is 21.8 Å². The molecule has 1 aromatic heterocycles. The first-order chi connectivity index (χ1) is 10.5. The Morgan fingerprint density at radius 1 is 1.55 bits per heavy atom. The zero-order valence-electron chi connectivity index (χ0n) is 11.8. The molecule has 114 valence electrons. The maximum absolute atomic E-state index is 12.0. The van der Waals surface area contributed by atoms with Crippen LogP contribution in [0, 0.1) is 11.3 Å². The summed E-state index contributed by atoms with van der Waals surface area (Å²) < 4.78 is 5.85. The fraction of sp³-hybridized carbons (Fsp3) is 0.214. The van der Waals surface area contributed by atoms with E-state index in [9.17, 15) is 15.2 Å². The van der Waals surface area contributed by atoms with Gasteiger partial charge in [0.15, 0.2) is 16.7 Å². The molecule has 0 atom stereocenters. The maximum atomic E-state index is 12.0. The molecule has 0 bridgehead atoms. The maximum Gasteiger partial charge on any atom is 0.270 e. The third-order valence-corrected chi connectivity index (χ3v) is 4.04. The van der Waals surface area contributed by atoms with E-state index < -0.39 is 5.56 Å². The van der Waals surface area contributed by atoms with Gasteiger partial charge in [0.1, 0.15) is 11.6 Å². The van der Waals surface area contributed by atoms with Crippen molar-refractivity contribution in [3.05, 3.63) is 32.5 Å². The molecular formula is C14H12BrN3O3S. The highest BCUT2D eigenvalue weighted by molar-refractivity contribution is 9.10. The minimum atomic E-state index is -0.505. The van der Waals surface area contributed by atoms with E-state index in [0.717, 1.165) is 0 Å². The predicted octanol–water partition coefficient (Wildman–Crippen LogP) is 2.90. The second-order valence-electron chi connectivity index (χ2n) is 4.14. The highest BCUT2D eigenvalue weighted by Gasteiger charge is 2.18. The van der Waals surface area contributed by atoms with Crippen LogP contribution in [0.15, 0.2) is 26.6 Å². The van der Waals surface area contributed by atoms with E-state index in [2.05, 4.69) is 25.9 Å². The smallest absolute Gasteiger partial charge is 0.270 e. The summed E-state index contributed by atoms with van der Waals surface area (Å²) in [6.07, 6.45) is 1.77. The molecule has 0 saturated carbocycles. The number of ether oxygens (including phenoxy) is 1. The lowest BCUT2D eigenvalue weighted by Gasteiger charge is -2.11. The van der Waals surface area contributed by atoms with Gasteiger partial charge in [0.2, 0.25) is 0 Å². The molecule has 6 nitrogen and oxygen atoms in total. The molecule has 0 unspecified atom stereocenters. The van der Waals surface area contributed by atoms with Crippen LogP contribution in [-0.2, 0) is 0 Å². The molecule has 0 spiro atoms. The topological polar surface area (TPSA) is 99.0 Å². The van der Waals surface area contributed by atoms with Gasteiger partial charge in [-0.15, -0.1) is 0 Å². The number of H-pyrrole nitrogens is 1. The van der Waals surface area contributed by atoms with Gasteiger partial charge in [-0.1, -0.05) is 11.8 Å². The fourth-order valence-corrected chi connectivity index (χ4v) is 2.74. The van der Waals surface area contributed by atoms with Crippen molar-refractivity contribution in [1.29, 1.82) is 5.26 Å². The number of aromatic amines is 1.